The molecule has 0 spiro atoms. The number of nitrogens with zero attached hydrogens (tertiary/aromatic N) is 4. The van der Waals surface area contributed by atoms with Crippen LogP contribution in [0.1, 0.15) is 40.9 Å². The van der Waals surface area contributed by atoms with Crippen LogP contribution in [0.3, 0.4) is 0 Å². The van der Waals surface area contributed by atoms with Crippen LogP contribution in [0.15, 0.2) is 123 Å². The van der Waals surface area contributed by atoms with Crippen molar-refractivity contribution in [2.75, 3.05) is 5.01 Å². The zero-order valence-corrected chi connectivity index (χ0v) is 27.0. The molecule has 0 N–H and O–H groups in total. The van der Waals surface area contributed by atoms with E-state index in [1.54, 1.807) is 24.3 Å². The van der Waals surface area contributed by atoms with E-state index in [0.29, 0.717) is 16.5 Å². The second-order valence-electron chi connectivity index (χ2n) is 11.0. The van der Waals surface area contributed by atoms with Crippen LogP contribution in [0, 0.1) is 6.92 Å². The Morgan fingerprint density at radius 3 is 2.43 bits per heavy atom. The van der Waals surface area contributed by atoms with Crippen molar-refractivity contribution in [2.45, 2.75) is 38.3 Å². The number of aromatic nitrogens is 1. The van der Waals surface area contributed by atoms with Crippen LogP contribution in [0.25, 0.3) is 21.2 Å². The molecule has 0 bridgehead atoms. The first-order valence-corrected chi connectivity index (χ1v) is 16.8. The average molecular weight is 651 g/mol. The van der Waals surface area contributed by atoms with Gasteiger partial charge in [-0.15, -0.1) is 0 Å². The van der Waals surface area contributed by atoms with Crippen molar-refractivity contribution < 1.29 is 17.6 Å². The third-order valence-corrected chi connectivity index (χ3v) is 10.4. The number of para-hydroxylation sites is 1. The molecule has 0 atom stereocenters. The van der Waals surface area contributed by atoms with Gasteiger partial charge in [-0.2, -0.15) is 14.4 Å². The molecule has 0 radical (unpaired) electrons. The van der Waals surface area contributed by atoms with Crippen LogP contribution in [-0.2, 0) is 16.6 Å². The molecule has 0 aliphatic heterocycles. The van der Waals surface area contributed by atoms with Crippen molar-refractivity contribution >= 4 is 59.8 Å². The summed E-state index contributed by atoms with van der Waals surface area (Å²) in [5.41, 5.74) is 3.09. The third-order valence-electron chi connectivity index (χ3n) is 7.39. The fourth-order valence-corrected chi connectivity index (χ4v) is 7.58. The zero-order valence-electron chi connectivity index (χ0n) is 25.3. The number of hydrazone groups is 1. The maximum Gasteiger partial charge on any atom is 0.280 e. The van der Waals surface area contributed by atoms with Gasteiger partial charge in [0.1, 0.15) is 11.8 Å². The Balaban J connectivity index is 1.35. The normalized spacial score (nSPS) is 12.1. The van der Waals surface area contributed by atoms with Crippen molar-refractivity contribution in [1.29, 1.82) is 0 Å². The zero-order chi connectivity index (χ0) is 32.4. The molecular weight excluding hydrogens is 621 g/mol. The second-order valence-corrected chi connectivity index (χ2v) is 13.9. The highest BCUT2D eigenvalue weighted by Crippen LogP contribution is 2.31. The topological polar surface area (TPSA) is 113 Å². The lowest BCUT2D eigenvalue weighted by Gasteiger charge is -2.26. The Bertz CT molecular complexity index is 2240. The summed E-state index contributed by atoms with van der Waals surface area (Å²) in [6.45, 7) is 5.83. The van der Waals surface area contributed by atoms with Gasteiger partial charge in [0.05, 0.1) is 32.3 Å². The SMILES string of the molecule is Cc1ccc2nc(N(/N=C/c3coc4ccccc4c3=O)C(=O)c3ccc(S(=O)(=O)N(Cc4ccccc4)C(C)C)cc3)sc2c1. The number of rotatable bonds is 9. The number of aryl methyl sites for hydroxylation is 1. The molecular formula is C35H30N4O5S2. The largest absolute Gasteiger partial charge is 0.463 e. The summed E-state index contributed by atoms with van der Waals surface area (Å²) < 4.78 is 35.3. The lowest BCUT2D eigenvalue weighted by atomic mass is 10.2. The van der Waals surface area contributed by atoms with E-state index in [4.69, 9.17) is 4.42 Å². The molecule has 1 amide bonds. The maximum atomic E-state index is 14.0. The first-order valence-electron chi connectivity index (χ1n) is 14.5. The van der Waals surface area contributed by atoms with Crippen molar-refractivity contribution in [1.82, 2.24) is 9.29 Å². The van der Waals surface area contributed by atoms with Crippen molar-refractivity contribution in [2.24, 2.45) is 5.10 Å². The fraction of sp³-hybridized carbons (Fsp3) is 0.143. The van der Waals surface area contributed by atoms with Gasteiger partial charge in [-0.05, 0) is 80.4 Å². The van der Waals surface area contributed by atoms with Gasteiger partial charge in [0.25, 0.3) is 5.91 Å². The highest BCUT2D eigenvalue weighted by Gasteiger charge is 2.28. The molecule has 0 saturated heterocycles. The summed E-state index contributed by atoms with van der Waals surface area (Å²) in [6, 6.07) is 27.5. The molecule has 6 aromatic rings. The Kier molecular flexibility index (Phi) is 8.63. The predicted octanol–water partition coefficient (Wildman–Crippen LogP) is 6.99. The smallest absolute Gasteiger partial charge is 0.280 e. The van der Waals surface area contributed by atoms with Gasteiger partial charge in [0.2, 0.25) is 20.6 Å². The molecule has 9 nitrogen and oxygen atoms in total. The molecule has 6 rings (SSSR count). The van der Waals surface area contributed by atoms with Crippen LogP contribution < -0.4 is 10.4 Å². The van der Waals surface area contributed by atoms with Crippen LogP contribution in [-0.4, -0.2) is 35.9 Å². The molecule has 232 valence electrons. The summed E-state index contributed by atoms with van der Waals surface area (Å²) in [5.74, 6) is -0.550. The van der Waals surface area contributed by atoms with Gasteiger partial charge < -0.3 is 4.42 Å². The minimum atomic E-state index is -3.88. The minimum absolute atomic E-state index is 0.0629. The molecule has 0 saturated carbocycles. The highest BCUT2D eigenvalue weighted by molar-refractivity contribution is 7.89. The monoisotopic (exact) mass is 650 g/mol. The number of fused-ring (bicyclic) bond motifs is 2. The number of benzene rings is 4. The summed E-state index contributed by atoms with van der Waals surface area (Å²) in [5, 5.41) is 6.21. The van der Waals surface area contributed by atoms with Gasteiger partial charge >= 0.3 is 0 Å². The van der Waals surface area contributed by atoms with E-state index in [1.165, 1.54) is 52.4 Å². The second kappa shape index (κ2) is 12.8. The molecule has 2 heterocycles. The number of hydrogen-bond acceptors (Lipinski definition) is 8. The molecule has 4 aromatic carbocycles. The van der Waals surface area contributed by atoms with Crippen molar-refractivity contribution in [3.63, 3.8) is 0 Å². The Labute approximate surface area is 270 Å². The van der Waals surface area contributed by atoms with E-state index < -0.39 is 15.9 Å². The van der Waals surface area contributed by atoms with E-state index in [2.05, 4.69) is 10.1 Å². The van der Waals surface area contributed by atoms with Crippen molar-refractivity contribution in [3.05, 3.63) is 136 Å². The minimum Gasteiger partial charge on any atom is -0.463 e. The van der Waals surface area contributed by atoms with Crippen molar-refractivity contribution in [3.8, 4) is 0 Å². The molecule has 0 fully saturated rings. The molecule has 2 aromatic heterocycles. The van der Waals surface area contributed by atoms with E-state index in [-0.39, 0.29) is 39.2 Å². The van der Waals surface area contributed by atoms with Crippen LogP contribution in [0.2, 0.25) is 0 Å². The van der Waals surface area contributed by atoms with E-state index in [9.17, 15) is 18.0 Å². The first-order chi connectivity index (χ1) is 22.1. The van der Waals surface area contributed by atoms with Gasteiger partial charge in [-0.3, -0.25) is 9.59 Å². The Morgan fingerprint density at radius 2 is 1.70 bits per heavy atom. The summed E-state index contributed by atoms with van der Waals surface area (Å²) in [4.78, 5) is 31.8. The molecule has 0 aliphatic carbocycles. The lowest BCUT2D eigenvalue weighted by molar-refractivity contribution is 0.0987. The highest BCUT2D eigenvalue weighted by atomic mass is 32.2. The summed E-state index contributed by atoms with van der Waals surface area (Å²) in [6.07, 6.45) is 2.57. The maximum absolute atomic E-state index is 14.0. The molecule has 0 aliphatic rings. The standard InChI is InChI=1S/C35H30N4O5S2/c1-23(2)38(21-25-9-5-4-6-10-25)46(42,43)28-16-14-26(15-17-28)34(41)39(35-37-30-18-13-24(3)19-32(30)45-35)36-20-27-22-44-31-12-8-7-11-29(31)33(27)40/h4-20,22-23H,21H2,1-3H3/b36-20+. The van der Waals surface area contributed by atoms with Crippen LogP contribution >= 0.6 is 11.3 Å². The number of hydrogen-bond donors (Lipinski definition) is 0. The predicted molar refractivity (Wildman–Crippen MR) is 182 cm³/mol. The molecule has 0 unspecified atom stereocenters. The van der Waals surface area contributed by atoms with Crippen LogP contribution in [0.5, 0.6) is 0 Å². The van der Waals surface area contributed by atoms with Crippen LogP contribution in [0.4, 0.5) is 5.13 Å². The Morgan fingerprint density at radius 1 is 0.978 bits per heavy atom. The lowest BCUT2D eigenvalue weighted by Crippen LogP contribution is -2.36. The number of sulfonamides is 1. The quantitative estimate of drug-likeness (QED) is 0.123. The van der Waals surface area contributed by atoms with Gasteiger partial charge in [-0.1, -0.05) is 59.9 Å². The average Bonchev–Trinajstić information content (AvgIpc) is 3.48. The molecule has 11 heteroatoms. The van der Waals surface area contributed by atoms with Gasteiger partial charge in [-0.25, -0.2) is 13.4 Å². The van der Waals surface area contributed by atoms with E-state index in [0.717, 1.165) is 20.8 Å². The Hall–Kier alpha value is -4.97. The van der Waals surface area contributed by atoms with Gasteiger partial charge in [0, 0.05) is 18.2 Å². The van der Waals surface area contributed by atoms with E-state index >= 15 is 0 Å². The summed E-state index contributed by atoms with van der Waals surface area (Å²) in [7, 11) is -3.88. The number of amides is 1. The number of carbonyl (C=O) groups excluding carboxylic acids is 1. The third kappa shape index (κ3) is 6.25. The van der Waals surface area contributed by atoms with E-state index in [1.807, 2.05) is 69.3 Å². The number of thiazole rings is 1. The number of anilines is 1. The molecule has 46 heavy (non-hydrogen) atoms. The first kappa shape index (κ1) is 31.0. The number of carbonyl (C=O) groups is 1. The fourth-order valence-electron chi connectivity index (χ4n) is 4.94. The summed E-state index contributed by atoms with van der Waals surface area (Å²) >= 11 is 1.28. The van der Waals surface area contributed by atoms with Gasteiger partial charge in [0.15, 0.2) is 0 Å².